The number of hydrogen-bond acceptors (Lipinski definition) is 15. The van der Waals surface area contributed by atoms with Crippen molar-refractivity contribution in [2.45, 2.75) is 140 Å². The minimum absolute atomic E-state index is 0.123. The molecule has 0 saturated heterocycles. The summed E-state index contributed by atoms with van der Waals surface area (Å²) in [6, 6.07) is 17.4. The Labute approximate surface area is 425 Å². The van der Waals surface area contributed by atoms with Crippen LogP contribution in [0.4, 0.5) is 64.1 Å². The van der Waals surface area contributed by atoms with E-state index in [-0.39, 0.29) is 25.7 Å². The van der Waals surface area contributed by atoms with Crippen LogP contribution in [0.15, 0.2) is 81.6 Å². The Kier molecular flexibility index (Phi) is 16.8. The number of aliphatic hydroxyl groups excluding tert-OH is 1. The zero-order valence-corrected chi connectivity index (χ0v) is 40.6. The molecule has 0 spiro atoms. The van der Waals surface area contributed by atoms with Crippen LogP contribution in [0.1, 0.15) is 106 Å². The number of pyridine rings is 2. The number of alkyl halides is 12. The third-order valence-electron chi connectivity index (χ3n) is 12.4. The number of nitrogens with zero attached hydrogens (tertiary/aromatic N) is 6. The highest BCUT2D eigenvalue weighted by Gasteiger charge is 2.63. The highest BCUT2D eigenvalue weighted by atomic mass is 19.4. The van der Waals surface area contributed by atoms with E-state index in [9.17, 15) is 57.8 Å². The third-order valence-corrected chi connectivity index (χ3v) is 12.4. The van der Waals surface area contributed by atoms with E-state index in [1.807, 2.05) is 0 Å². The monoisotopic (exact) mass is 1090 g/mol. The molecule has 27 heteroatoms. The minimum Gasteiger partial charge on any atom is -0.474 e. The molecule has 0 saturated carbocycles. The van der Waals surface area contributed by atoms with Crippen molar-refractivity contribution in [3.05, 3.63) is 107 Å². The highest BCUT2D eigenvalue weighted by molar-refractivity contribution is 5.69. The van der Waals surface area contributed by atoms with Gasteiger partial charge in [-0.3, -0.25) is 0 Å². The first-order valence-electron chi connectivity index (χ1n) is 23.5. The molecule has 6 aromatic rings. The Morgan fingerprint density at radius 2 is 0.961 bits per heavy atom. The van der Waals surface area contributed by atoms with Crippen LogP contribution in [0.2, 0.25) is 0 Å². The fraction of sp³-hybridized carbons (Fsp3) is 0.469. The average molecular weight is 1090 g/mol. The largest absolute Gasteiger partial charge is 0.474 e. The number of halogens is 12. The molecule has 0 amide bonds. The first-order chi connectivity index (χ1) is 35.6. The number of nitrogen functional groups attached to an aromatic ring is 2. The van der Waals surface area contributed by atoms with Gasteiger partial charge in [-0.1, -0.05) is 74.0 Å². The second-order valence-corrected chi connectivity index (χ2v) is 18.5. The summed E-state index contributed by atoms with van der Waals surface area (Å²) in [6.45, 7) is 3.75. The van der Waals surface area contributed by atoms with Crippen LogP contribution in [-0.4, -0.2) is 66.1 Å². The molecule has 2 aliphatic rings. The lowest BCUT2D eigenvalue weighted by Crippen LogP contribution is -2.47. The van der Waals surface area contributed by atoms with Crippen molar-refractivity contribution >= 4 is 11.4 Å². The standard InChI is InChI=1S/C25H26F6N4O3.C24H24F6N4O4/c1-14-7-6-8-15(2)37-20-17(24(26,27)28)11-18(32)19(33-20)21-34-35-22(38-21)23(12-14,25(29,30)31)36-13-16-9-4-3-5-10-16;1-13-6-5-9-15(35)11-22(24(28,29)30,36-12-14-7-3-2-4-8-14)21-34-33-20(38-21)18-17(31)10-16(23(25,26)27)19(32-18)37-13/h3-5,9-11,14-15H,6-8,12-13,32H2,1-2H3;2-4,7-8,10,13,15,35H,5-6,9,11-12,31H2,1H3/t14?,15-,23-;13-,15?,22-/m11/s1. The Morgan fingerprint density at radius 1 is 0.566 bits per heavy atom. The van der Waals surface area contributed by atoms with Gasteiger partial charge in [0.05, 0.1) is 42.9 Å². The van der Waals surface area contributed by atoms with Gasteiger partial charge in [0, 0.05) is 6.42 Å². The number of anilines is 2. The molecule has 412 valence electrons. The lowest BCUT2D eigenvalue weighted by atomic mass is 9.87. The normalized spacial score (nSPS) is 22.9. The van der Waals surface area contributed by atoms with Crippen molar-refractivity contribution < 1.29 is 85.6 Å². The molecule has 2 unspecified atom stereocenters. The van der Waals surface area contributed by atoms with Crippen molar-refractivity contribution in [3.8, 4) is 34.9 Å². The van der Waals surface area contributed by atoms with Crippen LogP contribution in [0, 0.1) is 5.92 Å². The van der Waals surface area contributed by atoms with Gasteiger partial charge in [-0.15, -0.1) is 20.4 Å². The molecule has 2 aromatic carbocycles. The summed E-state index contributed by atoms with van der Waals surface area (Å²) < 4.78 is 203. The quantitative estimate of drug-likeness (QED) is 0.132. The number of benzene rings is 2. The summed E-state index contributed by atoms with van der Waals surface area (Å²) in [5.41, 5.74) is 1.78. The minimum atomic E-state index is -5.13. The smallest absolute Gasteiger partial charge is 0.426 e. The first-order valence-corrected chi connectivity index (χ1v) is 23.5. The molecule has 0 fully saturated rings. The van der Waals surface area contributed by atoms with E-state index in [2.05, 4.69) is 30.4 Å². The lowest BCUT2D eigenvalue weighted by Gasteiger charge is -2.34. The molecule has 6 atom stereocenters. The van der Waals surface area contributed by atoms with E-state index in [1.165, 1.54) is 6.92 Å². The lowest BCUT2D eigenvalue weighted by molar-refractivity contribution is -0.305. The number of hydrogen-bond donors (Lipinski definition) is 3. The average Bonchev–Trinajstić information content (AvgIpc) is 4.03. The second kappa shape index (κ2) is 22.5. The maximum absolute atomic E-state index is 14.8. The molecule has 4 aromatic heterocycles. The van der Waals surface area contributed by atoms with E-state index in [1.54, 1.807) is 74.5 Å². The molecule has 0 radical (unpaired) electrons. The van der Waals surface area contributed by atoms with Gasteiger partial charge in [0.25, 0.3) is 23.6 Å². The van der Waals surface area contributed by atoms with E-state index >= 15 is 0 Å². The van der Waals surface area contributed by atoms with Crippen LogP contribution in [0.25, 0.3) is 23.2 Å². The van der Waals surface area contributed by atoms with Crippen LogP contribution in [-0.2, 0) is 46.2 Å². The van der Waals surface area contributed by atoms with Gasteiger partial charge in [-0.25, -0.2) is 9.97 Å². The number of fused-ring (bicyclic) bond motifs is 10. The van der Waals surface area contributed by atoms with E-state index in [4.69, 9.17) is 39.2 Å². The summed E-state index contributed by atoms with van der Waals surface area (Å²) in [5.74, 6) is -5.36. The fourth-order valence-electron chi connectivity index (χ4n) is 8.45. The molecular formula is C49H50F12N8O7. The van der Waals surface area contributed by atoms with Crippen LogP contribution >= 0.6 is 0 Å². The molecule has 0 aliphatic carbocycles. The Hall–Kier alpha value is -6.74. The van der Waals surface area contributed by atoms with Crippen LogP contribution in [0.5, 0.6) is 11.8 Å². The van der Waals surface area contributed by atoms with Crippen molar-refractivity contribution in [2.75, 3.05) is 11.5 Å². The summed E-state index contributed by atoms with van der Waals surface area (Å²) in [7, 11) is 0. The summed E-state index contributed by atoms with van der Waals surface area (Å²) in [6.07, 6.45) is -23.3. The van der Waals surface area contributed by atoms with Crippen molar-refractivity contribution in [3.63, 3.8) is 0 Å². The SMILES string of the molecule is CC1CCC[C@@H](C)Oc2nc(c(N)cc2C(F)(F)F)-c2nnc(o2)[C@@](OCc2ccccc2)(C(F)(F)F)C1.C[C@@H]1CCCC(O)C[C@](OCc2ccccc2)(C(F)(F)F)c2nnc(o2)-c2nc(c(C(F)(F)F)cc2N)O1. The highest BCUT2D eigenvalue weighted by Crippen LogP contribution is 2.50. The first kappa shape index (κ1) is 57.0. The summed E-state index contributed by atoms with van der Waals surface area (Å²) >= 11 is 0. The van der Waals surface area contributed by atoms with Gasteiger partial charge >= 0.3 is 24.7 Å². The topological polar surface area (TPSA) is 213 Å². The van der Waals surface area contributed by atoms with Crippen molar-refractivity contribution in [2.24, 2.45) is 5.92 Å². The maximum Gasteiger partial charge on any atom is 0.426 e. The van der Waals surface area contributed by atoms with Crippen LogP contribution in [0.3, 0.4) is 0 Å². The predicted molar refractivity (Wildman–Crippen MR) is 244 cm³/mol. The second-order valence-electron chi connectivity index (χ2n) is 18.5. The van der Waals surface area contributed by atoms with Gasteiger partial charge in [-0.2, -0.15) is 52.7 Å². The maximum atomic E-state index is 14.8. The molecule has 76 heavy (non-hydrogen) atoms. The summed E-state index contributed by atoms with van der Waals surface area (Å²) in [4.78, 5) is 7.66. The predicted octanol–water partition coefficient (Wildman–Crippen LogP) is 12.1. The molecular weight excluding hydrogens is 1040 g/mol. The molecule has 15 nitrogen and oxygen atoms in total. The van der Waals surface area contributed by atoms with Gasteiger partial charge in [0.1, 0.15) is 11.1 Å². The Balaban J connectivity index is 0.000000221. The molecule has 2 aliphatic heterocycles. The number of aromatic nitrogens is 6. The van der Waals surface area contributed by atoms with Gasteiger partial charge < -0.3 is 44.4 Å². The Morgan fingerprint density at radius 3 is 1.36 bits per heavy atom. The number of nitrogens with two attached hydrogens (primary N) is 2. The third kappa shape index (κ3) is 12.9. The zero-order chi connectivity index (χ0) is 55.4. The van der Waals surface area contributed by atoms with Crippen LogP contribution < -0.4 is 20.9 Å². The number of ether oxygens (including phenoxy) is 4. The Bertz CT molecular complexity index is 2690. The number of rotatable bonds is 6. The zero-order valence-electron chi connectivity index (χ0n) is 40.6. The van der Waals surface area contributed by atoms with E-state index in [0.29, 0.717) is 36.1 Å². The molecule has 8 bridgehead atoms. The summed E-state index contributed by atoms with van der Waals surface area (Å²) in [5, 5.41) is 25.0. The van der Waals surface area contributed by atoms with E-state index < -0.39 is 155 Å². The van der Waals surface area contributed by atoms with Crippen molar-refractivity contribution in [1.82, 2.24) is 30.4 Å². The van der Waals surface area contributed by atoms with Crippen molar-refractivity contribution in [1.29, 1.82) is 0 Å². The molecule has 6 heterocycles. The number of aliphatic hydroxyl groups is 1. The fourth-order valence-corrected chi connectivity index (χ4v) is 8.45. The van der Waals surface area contributed by atoms with E-state index in [0.717, 1.165) is 0 Å². The van der Waals surface area contributed by atoms with Gasteiger partial charge in [0.2, 0.25) is 23.0 Å². The van der Waals surface area contributed by atoms with Gasteiger partial charge in [-0.05, 0) is 81.5 Å². The molecule has 8 rings (SSSR count). The molecule has 5 N–H and O–H groups in total. The van der Waals surface area contributed by atoms with Gasteiger partial charge in [0.15, 0.2) is 11.4 Å².